The Morgan fingerprint density at radius 3 is 2.62 bits per heavy atom. The van der Waals surface area contributed by atoms with Crippen LogP contribution in [0.1, 0.15) is 56.3 Å². The Kier molecular flexibility index (Phi) is 7.65. The van der Waals surface area contributed by atoms with Crippen LogP contribution in [0.2, 0.25) is 0 Å². The third-order valence-electron chi connectivity index (χ3n) is 3.49. The molecule has 0 spiro atoms. The van der Waals surface area contributed by atoms with Crippen molar-refractivity contribution in [1.82, 2.24) is 5.32 Å². The van der Waals surface area contributed by atoms with E-state index in [4.69, 9.17) is 10.5 Å². The van der Waals surface area contributed by atoms with Gasteiger partial charge in [-0.25, -0.2) is 0 Å². The first-order chi connectivity index (χ1) is 10.1. The number of nitrogens with two attached hydrogens (primary N) is 1. The summed E-state index contributed by atoms with van der Waals surface area (Å²) in [6.07, 6.45) is 5.95. The van der Waals surface area contributed by atoms with Gasteiger partial charge in [0.25, 0.3) is 5.91 Å². The van der Waals surface area contributed by atoms with Gasteiger partial charge < -0.3 is 15.8 Å². The van der Waals surface area contributed by atoms with Gasteiger partial charge in [0.2, 0.25) is 0 Å². The highest BCUT2D eigenvalue weighted by molar-refractivity contribution is 5.98. The number of ether oxygens (including phenoxy) is 1. The first kappa shape index (κ1) is 17.3. The van der Waals surface area contributed by atoms with E-state index < -0.39 is 0 Å². The van der Waals surface area contributed by atoms with Crippen LogP contribution in [0.15, 0.2) is 18.2 Å². The Morgan fingerprint density at radius 1 is 1.24 bits per heavy atom. The molecule has 0 atom stereocenters. The van der Waals surface area contributed by atoms with Gasteiger partial charge in [-0.2, -0.15) is 0 Å². The van der Waals surface area contributed by atoms with Crippen LogP contribution in [0, 0.1) is 5.92 Å². The number of benzene rings is 1. The second kappa shape index (κ2) is 9.27. The average Bonchev–Trinajstić information content (AvgIpc) is 2.45. The number of anilines is 1. The van der Waals surface area contributed by atoms with Crippen LogP contribution in [0.3, 0.4) is 0 Å². The molecule has 3 N–H and O–H groups in total. The number of methoxy groups -OCH3 is 1. The SMILES string of the molecule is COc1c(N)cccc1C(=O)NCCCCCCC(C)C. The quantitative estimate of drug-likeness (QED) is 0.540. The standard InChI is InChI=1S/C17H28N2O2/c1-13(2)9-6-4-5-7-12-19-17(20)14-10-8-11-15(18)16(14)21-3/h8,10-11,13H,4-7,9,12,18H2,1-3H3,(H,19,20). The molecule has 4 heteroatoms. The molecule has 118 valence electrons. The molecular formula is C17H28N2O2. The van der Waals surface area contributed by atoms with Crippen LogP contribution in [0.25, 0.3) is 0 Å². The highest BCUT2D eigenvalue weighted by Gasteiger charge is 2.13. The summed E-state index contributed by atoms with van der Waals surface area (Å²) >= 11 is 0. The Morgan fingerprint density at radius 2 is 1.95 bits per heavy atom. The van der Waals surface area contributed by atoms with E-state index in [0.29, 0.717) is 23.5 Å². The number of unbranched alkanes of at least 4 members (excludes halogenated alkanes) is 3. The second-order valence-corrected chi connectivity index (χ2v) is 5.78. The van der Waals surface area contributed by atoms with Gasteiger partial charge >= 0.3 is 0 Å². The van der Waals surface area contributed by atoms with Crippen molar-refractivity contribution in [3.8, 4) is 5.75 Å². The van der Waals surface area contributed by atoms with Gasteiger partial charge in [0.15, 0.2) is 5.75 Å². The molecular weight excluding hydrogens is 264 g/mol. The molecule has 0 heterocycles. The molecule has 0 radical (unpaired) electrons. The van der Waals surface area contributed by atoms with E-state index in [1.807, 2.05) is 0 Å². The minimum absolute atomic E-state index is 0.124. The molecule has 0 bridgehead atoms. The molecule has 0 unspecified atom stereocenters. The predicted octanol–water partition coefficient (Wildman–Crippen LogP) is 3.61. The maximum Gasteiger partial charge on any atom is 0.255 e. The summed E-state index contributed by atoms with van der Waals surface area (Å²) in [5, 5.41) is 2.93. The van der Waals surface area contributed by atoms with Gasteiger partial charge in [0.05, 0.1) is 18.4 Å². The highest BCUT2D eigenvalue weighted by Crippen LogP contribution is 2.25. The van der Waals surface area contributed by atoms with Crippen LogP contribution in [0.4, 0.5) is 5.69 Å². The molecule has 0 saturated heterocycles. The lowest BCUT2D eigenvalue weighted by molar-refractivity contribution is 0.0950. The monoisotopic (exact) mass is 292 g/mol. The number of hydrogen-bond acceptors (Lipinski definition) is 3. The largest absolute Gasteiger partial charge is 0.494 e. The molecule has 1 aromatic rings. The zero-order chi connectivity index (χ0) is 15.7. The Labute approximate surface area is 128 Å². The zero-order valence-electron chi connectivity index (χ0n) is 13.4. The van der Waals surface area contributed by atoms with E-state index in [9.17, 15) is 4.79 Å². The Bertz CT molecular complexity index is 444. The first-order valence-corrected chi connectivity index (χ1v) is 7.77. The maximum absolute atomic E-state index is 12.1. The fraction of sp³-hybridized carbons (Fsp3) is 0.588. The van der Waals surface area contributed by atoms with E-state index >= 15 is 0 Å². The maximum atomic E-state index is 12.1. The van der Waals surface area contributed by atoms with E-state index in [1.165, 1.54) is 26.4 Å². The van der Waals surface area contributed by atoms with Crippen molar-refractivity contribution in [3.05, 3.63) is 23.8 Å². The zero-order valence-corrected chi connectivity index (χ0v) is 13.4. The number of amides is 1. The van der Waals surface area contributed by atoms with Gasteiger partial charge in [0.1, 0.15) is 0 Å². The molecule has 1 aromatic carbocycles. The second-order valence-electron chi connectivity index (χ2n) is 5.78. The molecule has 0 saturated carbocycles. The minimum Gasteiger partial charge on any atom is -0.494 e. The Balaban J connectivity index is 2.30. The van der Waals surface area contributed by atoms with Gasteiger partial charge in [-0.15, -0.1) is 0 Å². The summed E-state index contributed by atoms with van der Waals surface area (Å²) in [5.41, 5.74) is 6.78. The summed E-state index contributed by atoms with van der Waals surface area (Å²) in [4.78, 5) is 12.1. The average molecular weight is 292 g/mol. The number of nitrogen functional groups attached to an aromatic ring is 1. The number of rotatable bonds is 9. The third kappa shape index (κ3) is 6.06. The lowest BCUT2D eigenvalue weighted by Crippen LogP contribution is -2.25. The molecule has 0 aliphatic rings. The molecule has 4 nitrogen and oxygen atoms in total. The van der Waals surface area contributed by atoms with Crippen molar-refractivity contribution in [1.29, 1.82) is 0 Å². The molecule has 21 heavy (non-hydrogen) atoms. The molecule has 0 aliphatic heterocycles. The number of para-hydroxylation sites is 1. The smallest absolute Gasteiger partial charge is 0.255 e. The van der Waals surface area contributed by atoms with E-state index in [-0.39, 0.29) is 5.91 Å². The van der Waals surface area contributed by atoms with Crippen molar-refractivity contribution < 1.29 is 9.53 Å². The lowest BCUT2D eigenvalue weighted by atomic mass is 10.0. The van der Waals surface area contributed by atoms with Crippen molar-refractivity contribution in [2.75, 3.05) is 19.4 Å². The molecule has 1 rings (SSSR count). The normalized spacial score (nSPS) is 10.7. The van der Waals surface area contributed by atoms with Crippen LogP contribution >= 0.6 is 0 Å². The first-order valence-electron chi connectivity index (χ1n) is 7.77. The highest BCUT2D eigenvalue weighted by atomic mass is 16.5. The fourth-order valence-corrected chi connectivity index (χ4v) is 2.29. The predicted molar refractivity (Wildman–Crippen MR) is 87.7 cm³/mol. The van der Waals surface area contributed by atoms with Crippen LogP contribution in [0.5, 0.6) is 5.75 Å². The number of carbonyl (C=O) groups excluding carboxylic acids is 1. The van der Waals surface area contributed by atoms with E-state index in [2.05, 4.69) is 19.2 Å². The van der Waals surface area contributed by atoms with Gasteiger partial charge in [0, 0.05) is 6.54 Å². The van der Waals surface area contributed by atoms with Crippen LogP contribution in [-0.4, -0.2) is 19.6 Å². The summed E-state index contributed by atoms with van der Waals surface area (Å²) < 4.78 is 5.19. The molecule has 0 fully saturated rings. The van der Waals surface area contributed by atoms with Crippen molar-refractivity contribution in [2.45, 2.75) is 46.0 Å². The lowest BCUT2D eigenvalue weighted by Gasteiger charge is -2.11. The van der Waals surface area contributed by atoms with Crippen molar-refractivity contribution in [3.63, 3.8) is 0 Å². The van der Waals surface area contributed by atoms with E-state index in [0.717, 1.165) is 18.8 Å². The summed E-state index contributed by atoms with van der Waals surface area (Å²) in [6, 6.07) is 5.22. The number of hydrogen-bond donors (Lipinski definition) is 2. The molecule has 1 amide bonds. The van der Waals surface area contributed by atoms with Gasteiger partial charge in [-0.3, -0.25) is 4.79 Å². The summed E-state index contributed by atoms with van der Waals surface area (Å²) in [5.74, 6) is 1.11. The topological polar surface area (TPSA) is 64.3 Å². The molecule has 0 aliphatic carbocycles. The third-order valence-corrected chi connectivity index (χ3v) is 3.49. The van der Waals surface area contributed by atoms with Crippen molar-refractivity contribution >= 4 is 11.6 Å². The number of nitrogens with one attached hydrogen (secondary N) is 1. The minimum atomic E-state index is -0.124. The molecule has 0 aromatic heterocycles. The van der Waals surface area contributed by atoms with Crippen LogP contribution < -0.4 is 15.8 Å². The number of carbonyl (C=O) groups is 1. The van der Waals surface area contributed by atoms with E-state index in [1.54, 1.807) is 18.2 Å². The Hall–Kier alpha value is -1.71. The summed E-state index contributed by atoms with van der Waals surface area (Å²) in [6.45, 7) is 5.19. The van der Waals surface area contributed by atoms with Gasteiger partial charge in [-0.1, -0.05) is 45.6 Å². The van der Waals surface area contributed by atoms with Gasteiger partial charge in [-0.05, 0) is 24.5 Å². The fourth-order valence-electron chi connectivity index (χ4n) is 2.29. The van der Waals surface area contributed by atoms with Crippen LogP contribution in [-0.2, 0) is 0 Å². The summed E-state index contributed by atoms with van der Waals surface area (Å²) in [7, 11) is 1.52. The van der Waals surface area contributed by atoms with Crippen molar-refractivity contribution in [2.24, 2.45) is 5.92 Å².